The summed E-state index contributed by atoms with van der Waals surface area (Å²) in [6.07, 6.45) is -1.04. The molecule has 2 N–H and O–H groups in total. The van der Waals surface area contributed by atoms with Crippen LogP contribution in [0.15, 0.2) is 0 Å². The first-order valence-corrected chi connectivity index (χ1v) is 6.33. The number of hydrogen-bond donors (Lipinski definition) is 2. The van der Waals surface area contributed by atoms with Crippen molar-refractivity contribution >= 4 is 11.9 Å². The summed E-state index contributed by atoms with van der Waals surface area (Å²) in [5, 5.41) is 15.7. The van der Waals surface area contributed by atoms with E-state index in [2.05, 4.69) is 10.4 Å². The standard InChI is InChI=1S/C13H21N3O4/c1-7(11-8(2)15-16(4)9(11)3)12(17)14-6-10(20-5)13(18)19/h7,10H,6H2,1-5H3,(H,14,17)(H,18,19). The summed E-state index contributed by atoms with van der Waals surface area (Å²) in [6.45, 7) is 5.46. The topological polar surface area (TPSA) is 93.5 Å². The SMILES string of the molecule is COC(CNC(=O)C(C)c1c(C)nn(C)c1C)C(=O)O. The maximum atomic E-state index is 12.1. The molecular formula is C13H21N3O4. The van der Waals surface area contributed by atoms with Gasteiger partial charge in [0.1, 0.15) is 0 Å². The molecule has 7 heteroatoms. The zero-order chi connectivity index (χ0) is 15.4. The van der Waals surface area contributed by atoms with Crippen molar-refractivity contribution in [2.45, 2.75) is 32.8 Å². The molecule has 0 aromatic carbocycles. The molecule has 112 valence electrons. The maximum absolute atomic E-state index is 12.1. The van der Waals surface area contributed by atoms with Crippen molar-refractivity contribution in [2.24, 2.45) is 7.05 Å². The van der Waals surface area contributed by atoms with Crippen molar-refractivity contribution in [3.8, 4) is 0 Å². The largest absolute Gasteiger partial charge is 0.479 e. The molecule has 0 aliphatic heterocycles. The number of methoxy groups -OCH3 is 1. The van der Waals surface area contributed by atoms with Crippen molar-refractivity contribution in [1.82, 2.24) is 15.1 Å². The van der Waals surface area contributed by atoms with Gasteiger partial charge < -0.3 is 15.2 Å². The zero-order valence-corrected chi connectivity index (χ0v) is 12.4. The van der Waals surface area contributed by atoms with Crippen LogP contribution < -0.4 is 5.32 Å². The number of aromatic nitrogens is 2. The molecule has 1 rings (SSSR count). The highest BCUT2D eigenvalue weighted by Gasteiger charge is 2.24. The number of ether oxygens (including phenoxy) is 1. The van der Waals surface area contributed by atoms with Gasteiger partial charge in [-0.15, -0.1) is 0 Å². The van der Waals surface area contributed by atoms with Gasteiger partial charge in [0.25, 0.3) is 0 Å². The Balaban J connectivity index is 2.75. The number of rotatable bonds is 6. The van der Waals surface area contributed by atoms with Crippen molar-refractivity contribution in [1.29, 1.82) is 0 Å². The summed E-state index contributed by atoms with van der Waals surface area (Å²) < 4.78 is 6.49. The zero-order valence-electron chi connectivity index (χ0n) is 12.4. The van der Waals surface area contributed by atoms with Gasteiger partial charge in [-0.2, -0.15) is 5.10 Å². The van der Waals surface area contributed by atoms with Crippen LogP contribution in [0.3, 0.4) is 0 Å². The second-order valence-corrected chi connectivity index (χ2v) is 4.74. The normalized spacial score (nSPS) is 13.8. The fourth-order valence-corrected chi connectivity index (χ4v) is 2.17. The molecule has 1 amide bonds. The van der Waals surface area contributed by atoms with Crippen LogP contribution in [0.5, 0.6) is 0 Å². The number of aliphatic carboxylic acids is 1. The number of carboxylic acids is 1. The summed E-state index contributed by atoms with van der Waals surface area (Å²) in [7, 11) is 3.12. The first kappa shape index (κ1) is 16.2. The third kappa shape index (κ3) is 3.36. The van der Waals surface area contributed by atoms with Gasteiger partial charge in [-0.1, -0.05) is 0 Å². The molecule has 0 radical (unpaired) electrons. The average Bonchev–Trinajstić information content (AvgIpc) is 2.62. The van der Waals surface area contributed by atoms with E-state index in [4.69, 9.17) is 9.84 Å². The molecule has 0 saturated heterocycles. The number of nitrogens with zero attached hydrogens (tertiary/aromatic N) is 2. The highest BCUT2D eigenvalue weighted by atomic mass is 16.5. The molecule has 0 aliphatic rings. The van der Waals surface area contributed by atoms with E-state index in [0.717, 1.165) is 17.0 Å². The van der Waals surface area contributed by atoms with E-state index < -0.39 is 18.0 Å². The molecule has 1 heterocycles. The van der Waals surface area contributed by atoms with Crippen molar-refractivity contribution in [3.63, 3.8) is 0 Å². The summed E-state index contributed by atoms with van der Waals surface area (Å²) in [5.41, 5.74) is 2.59. The lowest BCUT2D eigenvalue weighted by molar-refractivity contribution is -0.148. The van der Waals surface area contributed by atoms with Crippen LogP contribution in [0.2, 0.25) is 0 Å². The third-order valence-corrected chi connectivity index (χ3v) is 3.41. The number of hydrogen-bond acceptors (Lipinski definition) is 4. The van der Waals surface area contributed by atoms with Gasteiger partial charge in [-0.25, -0.2) is 4.79 Å². The van der Waals surface area contributed by atoms with Crippen LogP contribution in [-0.4, -0.2) is 46.5 Å². The van der Waals surface area contributed by atoms with Crippen LogP contribution in [-0.2, 0) is 21.4 Å². The van der Waals surface area contributed by atoms with E-state index in [1.165, 1.54) is 7.11 Å². The lowest BCUT2D eigenvalue weighted by atomic mass is 9.98. The minimum absolute atomic E-state index is 0.0621. The van der Waals surface area contributed by atoms with Gasteiger partial charge in [0.05, 0.1) is 18.2 Å². The quantitative estimate of drug-likeness (QED) is 0.786. The van der Waals surface area contributed by atoms with E-state index in [-0.39, 0.29) is 12.5 Å². The molecule has 1 aromatic rings. The molecule has 0 spiro atoms. The van der Waals surface area contributed by atoms with Crippen LogP contribution in [0, 0.1) is 13.8 Å². The highest BCUT2D eigenvalue weighted by Crippen LogP contribution is 2.22. The van der Waals surface area contributed by atoms with Gasteiger partial charge in [0.15, 0.2) is 6.10 Å². The fourth-order valence-electron chi connectivity index (χ4n) is 2.17. The Morgan fingerprint density at radius 3 is 2.45 bits per heavy atom. The number of aryl methyl sites for hydroxylation is 2. The van der Waals surface area contributed by atoms with E-state index in [1.807, 2.05) is 20.9 Å². The summed E-state index contributed by atoms with van der Waals surface area (Å²) in [5.74, 6) is -1.74. The first-order chi connectivity index (χ1) is 9.29. The number of nitrogens with one attached hydrogen (secondary N) is 1. The third-order valence-electron chi connectivity index (χ3n) is 3.41. The number of amides is 1. The van der Waals surface area contributed by atoms with Crippen molar-refractivity contribution < 1.29 is 19.4 Å². The Kier molecular flexibility index (Phi) is 5.26. The predicted molar refractivity (Wildman–Crippen MR) is 72.5 cm³/mol. The van der Waals surface area contributed by atoms with Gasteiger partial charge >= 0.3 is 5.97 Å². The van der Waals surface area contributed by atoms with Crippen LogP contribution >= 0.6 is 0 Å². The molecule has 2 atom stereocenters. The van der Waals surface area contributed by atoms with Crippen LogP contribution in [0.25, 0.3) is 0 Å². The molecule has 0 saturated carbocycles. The molecule has 7 nitrogen and oxygen atoms in total. The molecule has 0 bridgehead atoms. The Labute approximate surface area is 117 Å². The van der Waals surface area contributed by atoms with Crippen molar-refractivity contribution in [3.05, 3.63) is 17.0 Å². The summed E-state index contributed by atoms with van der Waals surface area (Å²) in [6, 6.07) is 0. The van der Waals surface area contributed by atoms with Gasteiger partial charge in [-0.05, 0) is 20.8 Å². The Bertz CT molecular complexity index is 510. The molecule has 1 aromatic heterocycles. The highest BCUT2D eigenvalue weighted by molar-refractivity contribution is 5.84. The Morgan fingerprint density at radius 2 is 2.05 bits per heavy atom. The minimum Gasteiger partial charge on any atom is -0.479 e. The number of carbonyl (C=O) groups excluding carboxylic acids is 1. The smallest absolute Gasteiger partial charge is 0.334 e. The molecule has 0 aliphatic carbocycles. The summed E-state index contributed by atoms with van der Waals surface area (Å²) >= 11 is 0. The van der Waals surface area contributed by atoms with E-state index in [9.17, 15) is 9.59 Å². The average molecular weight is 283 g/mol. The van der Waals surface area contributed by atoms with Gasteiger partial charge in [0.2, 0.25) is 5.91 Å². The number of carboxylic acid groups (broad SMARTS) is 1. The van der Waals surface area contributed by atoms with E-state index in [1.54, 1.807) is 11.6 Å². The second-order valence-electron chi connectivity index (χ2n) is 4.74. The Hall–Kier alpha value is -1.89. The molecule has 0 fully saturated rings. The Morgan fingerprint density at radius 1 is 1.45 bits per heavy atom. The second kappa shape index (κ2) is 6.51. The fraction of sp³-hybridized carbons (Fsp3) is 0.615. The van der Waals surface area contributed by atoms with Gasteiger partial charge in [-0.3, -0.25) is 9.48 Å². The predicted octanol–water partition coefficient (Wildman–Crippen LogP) is 0.356. The number of carbonyl (C=O) groups is 2. The van der Waals surface area contributed by atoms with Crippen LogP contribution in [0.4, 0.5) is 0 Å². The monoisotopic (exact) mass is 283 g/mol. The van der Waals surface area contributed by atoms with Crippen LogP contribution in [0.1, 0.15) is 29.8 Å². The summed E-state index contributed by atoms with van der Waals surface area (Å²) in [4.78, 5) is 22.9. The van der Waals surface area contributed by atoms with E-state index >= 15 is 0 Å². The molecule has 20 heavy (non-hydrogen) atoms. The molecular weight excluding hydrogens is 262 g/mol. The van der Waals surface area contributed by atoms with Gasteiger partial charge in [0, 0.05) is 25.4 Å². The minimum atomic E-state index is -1.10. The lowest BCUT2D eigenvalue weighted by Gasteiger charge is -2.15. The lowest BCUT2D eigenvalue weighted by Crippen LogP contribution is -2.39. The maximum Gasteiger partial charge on any atom is 0.334 e. The van der Waals surface area contributed by atoms with E-state index in [0.29, 0.717) is 0 Å². The van der Waals surface area contributed by atoms with Crippen molar-refractivity contribution in [2.75, 3.05) is 13.7 Å². The molecule has 2 unspecified atom stereocenters. The first-order valence-electron chi connectivity index (χ1n) is 6.33.